The van der Waals surface area contributed by atoms with Crippen molar-refractivity contribution in [3.8, 4) is 0 Å². The molecule has 0 unspecified atom stereocenters. The molecule has 0 nitrogen and oxygen atoms in total. The van der Waals surface area contributed by atoms with Gasteiger partial charge in [0, 0.05) is 3.92 Å². The van der Waals surface area contributed by atoms with Gasteiger partial charge in [-0.2, -0.15) is 0 Å². The van der Waals surface area contributed by atoms with Crippen LogP contribution < -0.4 is 0 Å². The van der Waals surface area contributed by atoms with Gasteiger partial charge in [-0.25, -0.2) is 0 Å². The molecule has 0 radical (unpaired) electrons. The molecule has 0 atom stereocenters. The predicted octanol–water partition coefficient (Wildman–Crippen LogP) is 2.45. The van der Waals surface area contributed by atoms with Gasteiger partial charge in [0.2, 0.25) is 0 Å². The number of alkyl halides is 1. The van der Waals surface area contributed by atoms with Crippen molar-refractivity contribution in [1.29, 1.82) is 0 Å². The largest absolute Gasteiger partial charge is 0.0819 e. The molecule has 0 aromatic rings. The maximum atomic E-state index is 2.52. The summed E-state index contributed by atoms with van der Waals surface area (Å²) in [7, 11) is 0. The Balaban J connectivity index is 2.18. The molecular formula is C7H7I. The number of rotatable bonds is 0. The second-order valence-corrected chi connectivity index (χ2v) is 4.15. The summed E-state index contributed by atoms with van der Waals surface area (Å²) in [5, 5.41) is 0. The summed E-state index contributed by atoms with van der Waals surface area (Å²) >= 11 is 2.52. The van der Waals surface area contributed by atoms with Gasteiger partial charge in [-0.1, -0.05) is 34.7 Å². The summed E-state index contributed by atoms with van der Waals surface area (Å²) in [5.74, 6) is 0. The van der Waals surface area contributed by atoms with Gasteiger partial charge in [0.15, 0.2) is 0 Å². The number of halogens is 1. The van der Waals surface area contributed by atoms with Crippen molar-refractivity contribution >= 4 is 22.6 Å². The zero-order chi connectivity index (χ0) is 5.56. The maximum Gasteiger partial charge on any atom is 0.0190 e. The molecule has 42 valence electrons. The van der Waals surface area contributed by atoms with Crippen LogP contribution in [0.2, 0.25) is 0 Å². The number of hydrogen-bond acceptors (Lipinski definition) is 0. The zero-order valence-electron chi connectivity index (χ0n) is 4.52. The van der Waals surface area contributed by atoms with Gasteiger partial charge in [-0.05, 0) is 24.0 Å². The summed E-state index contributed by atoms with van der Waals surface area (Å²) < 4.78 is 0.896. The van der Waals surface area contributed by atoms with Gasteiger partial charge in [0.05, 0.1) is 0 Å². The average molecular weight is 218 g/mol. The standard InChI is InChI=1S/C7H7I/c8-7-3-5-1-2-6(5)4-7/h1-2,7H,3-4H2. The lowest BCUT2D eigenvalue weighted by Gasteiger charge is -2.03. The van der Waals surface area contributed by atoms with Gasteiger partial charge in [0.1, 0.15) is 0 Å². The minimum Gasteiger partial charge on any atom is -0.0819 e. The Labute approximate surface area is 62.8 Å². The molecule has 0 fully saturated rings. The van der Waals surface area contributed by atoms with Crippen molar-refractivity contribution in [3.63, 3.8) is 0 Å². The van der Waals surface area contributed by atoms with Gasteiger partial charge >= 0.3 is 0 Å². The van der Waals surface area contributed by atoms with Crippen molar-refractivity contribution in [2.24, 2.45) is 0 Å². The van der Waals surface area contributed by atoms with Crippen molar-refractivity contribution in [2.75, 3.05) is 0 Å². The van der Waals surface area contributed by atoms with Crippen LogP contribution in [0.3, 0.4) is 0 Å². The van der Waals surface area contributed by atoms with Gasteiger partial charge in [-0.15, -0.1) is 0 Å². The van der Waals surface area contributed by atoms with E-state index < -0.39 is 0 Å². The lowest BCUT2D eigenvalue weighted by atomic mass is 10.0. The normalized spacial score (nSPS) is 26.1. The molecule has 0 amide bonds. The first kappa shape index (κ1) is 5.03. The third-order valence-electron chi connectivity index (χ3n) is 1.78. The fourth-order valence-corrected chi connectivity index (χ4v) is 2.22. The molecule has 0 saturated carbocycles. The smallest absolute Gasteiger partial charge is 0.0190 e. The van der Waals surface area contributed by atoms with Crippen molar-refractivity contribution in [2.45, 2.75) is 16.8 Å². The molecule has 1 heteroatoms. The minimum atomic E-state index is 0.896. The molecule has 0 aliphatic heterocycles. The molecular weight excluding hydrogens is 211 g/mol. The highest BCUT2D eigenvalue weighted by molar-refractivity contribution is 14.1. The SMILES string of the molecule is IC1CC2=C(C=C2)C1. The van der Waals surface area contributed by atoms with Crippen molar-refractivity contribution in [3.05, 3.63) is 23.3 Å². The summed E-state index contributed by atoms with van der Waals surface area (Å²) in [6, 6.07) is 0. The van der Waals surface area contributed by atoms with E-state index >= 15 is 0 Å². The lowest BCUT2D eigenvalue weighted by Crippen LogP contribution is -1.85. The highest BCUT2D eigenvalue weighted by atomic mass is 127. The third-order valence-corrected chi connectivity index (χ3v) is 2.66. The van der Waals surface area contributed by atoms with Gasteiger partial charge < -0.3 is 0 Å². The molecule has 2 aliphatic rings. The fourth-order valence-electron chi connectivity index (χ4n) is 1.27. The molecule has 0 N–H and O–H groups in total. The van der Waals surface area contributed by atoms with E-state index in [4.69, 9.17) is 0 Å². The van der Waals surface area contributed by atoms with E-state index in [2.05, 4.69) is 34.7 Å². The second kappa shape index (κ2) is 1.59. The number of allylic oxidation sites excluding steroid dienone is 4. The summed E-state index contributed by atoms with van der Waals surface area (Å²) in [4.78, 5) is 0. The van der Waals surface area contributed by atoms with E-state index in [0.29, 0.717) is 0 Å². The van der Waals surface area contributed by atoms with Crippen LogP contribution in [-0.2, 0) is 0 Å². The van der Waals surface area contributed by atoms with Gasteiger partial charge in [-0.3, -0.25) is 0 Å². The van der Waals surface area contributed by atoms with Crippen molar-refractivity contribution < 1.29 is 0 Å². The Morgan fingerprint density at radius 2 is 1.75 bits per heavy atom. The van der Waals surface area contributed by atoms with Crippen LogP contribution in [0.25, 0.3) is 0 Å². The van der Waals surface area contributed by atoms with Gasteiger partial charge in [0.25, 0.3) is 0 Å². The van der Waals surface area contributed by atoms with Crippen LogP contribution in [0.5, 0.6) is 0 Å². The van der Waals surface area contributed by atoms with E-state index in [1.54, 1.807) is 11.1 Å². The highest BCUT2D eigenvalue weighted by Crippen LogP contribution is 2.38. The average Bonchev–Trinajstić information content (AvgIpc) is 1.91. The Morgan fingerprint density at radius 3 is 2.00 bits per heavy atom. The van der Waals surface area contributed by atoms with E-state index in [-0.39, 0.29) is 0 Å². The Bertz CT molecular complexity index is 159. The van der Waals surface area contributed by atoms with E-state index in [1.165, 1.54) is 12.8 Å². The monoisotopic (exact) mass is 218 g/mol. The fraction of sp³-hybridized carbons (Fsp3) is 0.429. The molecule has 0 heterocycles. The summed E-state index contributed by atoms with van der Waals surface area (Å²) in [6.07, 6.45) is 7.14. The Kier molecular flexibility index (Phi) is 1.00. The number of hydrogen-bond donors (Lipinski definition) is 0. The molecule has 0 aromatic heterocycles. The Hall–Kier alpha value is 0.210. The molecule has 8 heavy (non-hydrogen) atoms. The molecule has 0 aromatic carbocycles. The minimum absolute atomic E-state index is 0.896. The predicted molar refractivity (Wildman–Crippen MR) is 43.2 cm³/mol. The molecule has 2 rings (SSSR count). The highest BCUT2D eigenvalue weighted by Gasteiger charge is 2.22. The molecule has 0 saturated heterocycles. The third kappa shape index (κ3) is 0.569. The first-order valence-electron chi connectivity index (χ1n) is 2.90. The van der Waals surface area contributed by atoms with Crippen LogP contribution in [0.4, 0.5) is 0 Å². The quantitative estimate of drug-likeness (QED) is 0.432. The molecule has 2 aliphatic carbocycles. The second-order valence-electron chi connectivity index (χ2n) is 2.39. The first-order valence-corrected chi connectivity index (χ1v) is 4.15. The molecule has 0 bridgehead atoms. The lowest BCUT2D eigenvalue weighted by molar-refractivity contribution is 0.974. The van der Waals surface area contributed by atoms with Crippen LogP contribution in [0, 0.1) is 0 Å². The first-order chi connectivity index (χ1) is 3.86. The van der Waals surface area contributed by atoms with Crippen LogP contribution in [-0.4, -0.2) is 3.92 Å². The van der Waals surface area contributed by atoms with Crippen LogP contribution >= 0.6 is 22.6 Å². The summed E-state index contributed by atoms with van der Waals surface area (Å²) in [5.41, 5.74) is 3.23. The van der Waals surface area contributed by atoms with E-state index in [0.717, 1.165) is 3.92 Å². The van der Waals surface area contributed by atoms with Crippen molar-refractivity contribution in [1.82, 2.24) is 0 Å². The topological polar surface area (TPSA) is 0 Å². The summed E-state index contributed by atoms with van der Waals surface area (Å²) in [6.45, 7) is 0. The van der Waals surface area contributed by atoms with Crippen LogP contribution in [0.1, 0.15) is 12.8 Å². The molecule has 0 spiro atoms. The van der Waals surface area contributed by atoms with Crippen LogP contribution in [0.15, 0.2) is 23.3 Å². The van der Waals surface area contributed by atoms with E-state index in [9.17, 15) is 0 Å². The maximum absolute atomic E-state index is 2.52. The zero-order valence-corrected chi connectivity index (χ0v) is 6.68. The Morgan fingerprint density at radius 1 is 1.25 bits per heavy atom. The van der Waals surface area contributed by atoms with E-state index in [1.807, 2.05) is 0 Å².